The second-order valence-electron chi connectivity index (χ2n) is 4.51. The molecule has 0 aromatic carbocycles. The number of ketones is 1. The Hall–Kier alpha value is -2.38. The number of nitrogens with one attached hydrogen (secondary N) is 1. The second-order valence-corrected chi connectivity index (χ2v) is 4.51. The van der Waals surface area contributed by atoms with Gasteiger partial charge in [0.05, 0.1) is 0 Å². The van der Waals surface area contributed by atoms with Crippen molar-refractivity contribution in [2.45, 2.75) is 39.7 Å². The van der Waals surface area contributed by atoms with Gasteiger partial charge in [-0.3, -0.25) is 23.9 Å². The zero-order chi connectivity index (χ0) is 16.0. The van der Waals surface area contributed by atoms with Crippen LogP contribution < -0.4 is 17.0 Å². The number of nitrogen functional groups attached to an aromatic ring is 1. The van der Waals surface area contributed by atoms with Crippen molar-refractivity contribution in [3.63, 3.8) is 0 Å². The van der Waals surface area contributed by atoms with Gasteiger partial charge in [-0.25, -0.2) is 4.79 Å². The minimum Gasteiger partial charge on any atom is -0.457 e. The lowest BCUT2D eigenvalue weighted by molar-refractivity contribution is -0.142. The Morgan fingerprint density at radius 2 is 1.90 bits per heavy atom. The highest BCUT2D eigenvalue weighted by Crippen LogP contribution is 2.06. The van der Waals surface area contributed by atoms with Crippen molar-refractivity contribution in [2.75, 3.05) is 12.3 Å². The summed E-state index contributed by atoms with van der Waals surface area (Å²) in [5.74, 6) is -1.46. The Bertz CT molecular complexity index is 644. The molecule has 8 nitrogen and oxygen atoms in total. The van der Waals surface area contributed by atoms with Crippen molar-refractivity contribution in [1.29, 1.82) is 0 Å². The van der Waals surface area contributed by atoms with Gasteiger partial charge in [-0.2, -0.15) is 0 Å². The smallest absolute Gasteiger partial charge is 0.329 e. The number of nitrogens with two attached hydrogens (primary N) is 1. The molecule has 0 atom stereocenters. The molecule has 0 radical (unpaired) electrons. The Kier molecular flexibility index (Phi) is 5.89. The van der Waals surface area contributed by atoms with E-state index < -0.39 is 29.6 Å². The van der Waals surface area contributed by atoms with Crippen LogP contribution in [0.25, 0.3) is 0 Å². The molecule has 3 N–H and O–H groups in total. The first kappa shape index (κ1) is 16.7. The van der Waals surface area contributed by atoms with Crippen LogP contribution in [0.2, 0.25) is 0 Å². The number of Topliss-reactive ketones (excluding diaryl/α,β-unsaturated/α-hetero) is 1. The molecule has 0 spiro atoms. The van der Waals surface area contributed by atoms with Crippen LogP contribution in [0.5, 0.6) is 0 Å². The van der Waals surface area contributed by atoms with Crippen LogP contribution in [0, 0.1) is 0 Å². The Morgan fingerprint density at radius 1 is 1.24 bits per heavy atom. The number of esters is 1. The minimum absolute atomic E-state index is 0.189. The molecule has 1 rings (SSSR count). The minimum atomic E-state index is -0.874. The van der Waals surface area contributed by atoms with E-state index in [9.17, 15) is 19.2 Å². The maximum absolute atomic E-state index is 12.0. The standard InChI is InChI=1S/C13H19N3O5/c1-3-5-9(18)21-7-8(17)10-11(14)16(6-4-2)13(20)15-12(10)19/h3-7,14H2,1-2H3,(H,15,19,20). The second kappa shape index (κ2) is 7.41. The van der Waals surface area contributed by atoms with Crippen LogP contribution in [-0.4, -0.2) is 27.9 Å². The van der Waals surface area contributed by atoms with Crippen molar-refractivity contribution < 1.29 is 14.3 Å². The lowest BCUT2D eigenvalue weighted by atomic mass is 10.2. The average molecular weight is 297 g/mol. The highest BCUT2D eigenvalue weighted by molar-refractivity contribution is 6.01. The number of rotatable bonds is 7. The summed E-state index contributed by atoms with van der Waals surface area (Å²) in [6.07, 6.45) is 1.39. The predicted molar refractivity (Wildman–Crippen MR) is 76.2 cm³/mol. The Balaban J connectivity index is 3.04. The number of ether oxygens (including phenoxy) is 1. The monoisotopic (exact) mass is 297 g/mol. The molecule has 0 unspecified atom stereocenters. The summed E-state index contributed by atoms with van der Waals surface area (Å²) in [6, 6.07) is 0. The fourth-order valence-corrected chi connectivity index (χ4v) is 1.80. The van der Waals surface area contributed by atoms with E-state index in [0.29, 0.717) is 12.8 Å². The van der Waals surface area contributed by atoms with Gasteiger partial charge in [-0.15, -0.1) is 0 Å². The summed E-state index contributed by atoms with van der Waals surface area (Å²) in [6.45, 7) is 3.32. The predicted octanol–water partition coefficient (Wildman–Crippen LogP) is 0.0548. The third-order valence-electron chi connectivity index (χ3n) is 2.78. The molecule has 1 aromatic rings. The normalized spacial score (nSPS) is 10.4. The van der Waals surface area contributed by atoms with Crippen LogP contribution in [0.15, 0.2) is 9.59 Å². The largest absolute Gasteiger partial charge is 0.457 e. The number of aromatic amines is 1. The van der Waals surface area contributed by atoms with E-state index in [4.69, 9.17) is 10.5 Å². The number of carbonyl (C=O) groups is 2. The molecule has 0 saturated heterocycles. The summed E-state index contributed by atoms with van der Waals surface area (Å²) in [5, 5.41) is 0. The van der Waals surface area contributed by atoms with Gasteiger partial charge in [0.25, 0.3) is 5.56 Å². The lowest BCUT2D eigenvalue weighted by Gasteiger charge is -2.11. The molecular weight excluding hydrogens is 278 g/mol. The van der Waals surface area contributed by atoms with Crippen LogP contribution in [0.1, 0.15) is 43.5 Å². The number of anilines is 1. The number of hydrogen-bond donors (Lipinski definition) is 2. The van der Waals surface area contributed by atoms with Crippen LogP contribution in [-0.2, 0) is 16.1 Å². The van der Waals surface area contributed by atoms with Gasteiger partial charge in [0.1, 0.15) is 11.4 Å². The summed E-state index contributed by atoms with van der Waals surface area (Å²) < 4.78 is 5.87. The molecule has 0 aliphatic carbocycles. The molecule has 116 valence electrons. The molecule has 0 amide bonds. The molecular formula is C13H19N3O5. The molecule has 0 fully saturated rings. The number of carbonyl (C=O) groups excluding carboxylic acids is 2. The van der Waals surface area contributed by atoms with E-state index in [2.05, 4.69) is 0 Å². The molecule has 1 heterocycles. The van der Waals surface area contributed by atoms with Crippen LogP contribution in [0.4, 0.5) is 5.82 Å². The van der Waals surface area contributed by atoms with Crippen molar-refractivity contribution in [2.24, 2.45) is 0 Å². The fourth-order valence-electron chi connectivity index (χ4n) is 1.80. The maximum Gasteiger partial charge on any atom is 0.329 e. The molecule has 0 bridgehead atoms. The van der Waals surface area contributed by atoms with E-state index in [0.717, 1.165) is 4.57 Å². The van der Waals surface area contributed by atoms with E-state index in [1.165, 1.54) is 0 Å². The summed E-state index contributed by atoms with van der Waals surface area (Å²) in [5.41, 5.74) is 3.82. The number of nitrogens with zero attached hydrogens (tertiary/aromatic N) is 1. The molecule has 0 aliphatic rings. The molecule has 1 aromatic heterocycles. The van der Waals surface area contributed by atoms with Crippen molar-refractivity contribution in [1.82, 2.24) is 9.55 Å². The SMILES string of the molecule is CCCC(=O)OCC(=O)c1c(N)n(CCC)c(=O)[nH]c1=O. The van der Waals surface area contributed by atoms with Gasteiger partial charge in [-0.05, 0) is 12.8 Å². The Labute approximate surface area is 120 Å². The summed E-state index contributed by atoms with van der Waals surface area (Å²) >= 11 is 0. The Morgan fingerprint density at radius 3 is 2.48 bits per heavy atom. The van der Waals surface area contributed by atoms with Gasteiger partial charge >= 0.3 is 11.7 Å². The quantitative estimate of drug-likeness (QED) is 0.541. The zero-order valence-corrected chi connectivity index (χ0v) is 12.1. The molecule has 21 heavy (non-hydrogen) atoms. The maximum atomic E-state index is 12.0. The molecule has 0 saturated carbocycles. The first-order valence-electron chi connectivity index (χ1n) is 6.73. The van der Waals surface area contributed by atoms with Gasteiger partial charge in [-0.1, -0.05) is 13.8 Å². The van der Waals surface area contributed by atoms with Gasteiger partial charge in [0.15, 0.2) is 6.61 Å². The summed E-state index contributed by atoms with van der Waals surface area (Å²) in [4.78, 5) is 48.6. The van der Waals surface area contributed by atoms with E-state index in [-0.39, 0.29) is 24.3 Å². The van der Waals surface area contributed by atoms with Gasteiger partial charge in [0.2, 0.25) is 5.78 Å². The highest BCUT2D eigenvalue weighted by Gasteiger charge is 2.20. The first-order chi connectivity index (χ1) is 9.92. The third-order valence-corrected chi connectivity index (χ3v) is 2.78. The van der Waals surface area contributed by atoms with E-state index >= 15 is 0 Å². The number of H-pyrrole nitrogens is 1. The van der Waals surface area contributed by atoms with Crippen molar-refractivity contribution in [3.05, 3.63) is 26.4 Å². The lowest BCUT2D eigenvalue weighted by Crippen LogP contribution is -2.37. The fraction of sp³-hybridized carbons (Fsp3) is 0.538. The zero-order valence-electron chi connectivity index (χ0n) is 12.1. The van der Waals surface area contributed by atoms with Crippen LogP contribution in [0.3, 0.4) is 0 Å². The summed E-state index contributed by atoms with van der Waals surface area (Å²) in [7, 11) is 0. The van der Waals surface area contributed by atoms with Crippen LogP contribution >= 0.6 is 0 Å². The van der Waals surface area contributed by atoms with Crippen molar-refractivity contribution >= 4 is 17.6 Å². The third kappa shape index (κ3) is 4.04. The van der Waals surface area contributed by atoms with Crippen molar-refractivity contribution in [3.8, 4) is 0 Å². The van der Waals surface area contributed by atoms with Gasteiger partial charge in [0, 0.05) is 13.0 Å². The number of hydrogen-bond acceptors (Lipinski definition) is 6. The van der Waals surface area contributed by atoms with E-state index in [1.54, 1.807) is 6.92 Å². The average Bonchev–Trinajstić information content (AvgIpc) is 2.41. The highest BCUT2D eigenvalue weighted by atomic mass is 16.5. The van der Waals surface area contributed by atoms with Gasteiger partial charge < -0.3 is 10.5 Å². The first-order valence-corrected chi connectivity index (χ1v) is 6.73. The molecule has 8 heteroatoms. The van der Waals surface area contributed by atoms with E-state index in [1.807, 2.05) is 11.9 Å². The topological polar surface area (TPSA) is 124 Å². The molecule has 0 aliphatic heterocycles. The number of aromatic nitrogens is 2.